The van der Waals surface area contributed by atoms with Crippen LogP contribution in [0.25, 0.3) is 11.0 Å². The third-order valence-electron chi connectivity index (χ3n) is 7.46. The van der Waals surface area contributed by atoms with Gasteiger partial charge in [0.1, 0.15) is 0 Å². The SMILES string of the molecule is COc1cc2cc(c1OC)CCCNC(=O)C[C@@H]1CC[C@H](CNC(=O)CC2)N1C(=O)c1onc2ncccc12. The maximum atomic E-state index is 13.7. The zero-order valence-corrected chi connectivity index (χ0v) is 22.2. The molecule has 0 unspecified atom stereocenters. The molecule has 4 heterocycles. The van der Waals surface area contributed by atoms with E-state index in [2.05, 4.69) is 20.8 Å². The van der Waals surface area contributed by atoms with Crippen LogP contribution >= 0.6 is 0 Å². The summed E-state index contributed by atoms with van der Waals surface area (Å²) in [4.78, 5) is 45.3. The van der Waals surface area contributed by atoms with Crippen molar-refractivity contribution in [2.75, 3.05) is 27.3 Å². The van der Waals surface area contributed by atoms with Crippen LogP contribution in [0, 0.1) is 0 Å². The van der Waals surface area contributed by atoms with Gasteiger partial charge in [-0.2, -0.15) is 0 Å². The molecule has 206 valence electrons. The first-order valence-corrected chi connectivity index (χ1v) is 13.3. The Morgan fingerprint density at radius 2 is 1.90 bits per heavy atom. The van der Waals surface area contributed by atoms with Crippen LogP contribution in [0.5, 0.6) is 11.5 Å². The van der Waals surface area contributed by atoms with E-state index < -0.39 is 0 Å². The Bertz CT molecular complexity index is 1370. The Hall–Kier alpha value is -4.15. The Morgan fingerprint density at radius 3 is 2.72 bits per heavy atom. The Morgan fingerprint density at radius 1 is 1.05 bits per heavy atom. The topological polar surface area (TPSA) is 136 Å². The highest BCUT2D eigenvalue weighted by Crippen LogP contribution is 2.34. The summed E-state index contributed by atoms with van der Waals surface area (Å²) in [6.45, 7) is 0.765. The van der Waals surface area contributed by atoms with Crippen LogP contribution in [0.3, 0.4) is 0 Å². The minimum atomic E-state index is -0.354. The van der Waals surface area contributed by atoms with Crippen LogP contribution < -0.4 is 20.1 Å². The van der Waals surface area contributed by atoms with Gasteiger partial charge in [0.2, 0.25) is 23.2 Å². The number of carbonyl (C=O) groups is 3. The molecule has 2 atom stereocenters. The third kappa shape index (κ3) is 5.67. The second-order valence-corrected chi connectivity index (χ2v) is 9.94. The number of methoxy groups -OCH3 is 2. The molecule has 5 rings (SSSR count). The molecule has 0 saturated carbocycles. The van der Waals surface area contributed by atoms with E-state index >= 15 is 0 Å². The standard InChI is InChI=1S/C28H33N5O6/c1-37-22-14-17-7-10-23(34)31-16-20-9-8-19(15-24(35)29-11-3-5-18(13-17)25(22)38-2)33(20)28(36)26-21-6-4-12-30-27(21)32-39-26/h4,6,12-14,19-20H,3,5,7-11,15-16H2,1-2H3,(H,29,35)(H,31,34)/t19-,20+/m0/s1. The number of nitrogens with zero attached hydrogens (tertiary/aromatic N) is 3. The van der Waals surface area contributed by atoms with E-state index in [0.29, 0.717) is 61.2 Å². The van der Waals surface area contributed by atoms with Crippen LogP contribution in [0.2, 0.25) is 0 Å². The predicted octanol–water partition coefficient (Wildman–Crippen LogP) is 2.41. The number of aromatic nitrogens is 2. The maximum Gasteiger partial charge on any atom is 0.293 e. The summed E-state index contributed by atoms with van der Waals surface area (Å²) in [5.74, 6) is 0.779. The fourth-order valence-electron chi connectivity index (χ4n) is 5.56. The van der Waals surface area contributed by atoms with Crippen molar-refractivity contribution in [1.29, 1.82) is 0 Å². The number of benzene rings is 1. The molecule has 1 aromatic carbocycles. The fourth-order valence-corrected chi connectivity index (χ4v) is 5.56. The molecule has 3 aromatic rings. The predicted molar refractivity (Wildman–Crippen MR) is 142 cm³/mol. The average Bonchev–Trinajstić information content (AvgIpc) is 3.56. The van der Waals surface area contributed by atoms with Gasteiger partial charge in [-0.3, -0.25) is 14.4 Å². The molecule has 3 amide bonds. The van der Waals surface area contributed by atoms with E-state index in [1.165, 1.54) is 0 Å². The van der Waals surface area contributed by atoms with Crippen molar-refractivity contribution in [3.8, 4) is 11.5 Å². The van der Waals surface area contributed by atoms with Gasteiger partial charge in [-0.25, -0.2) is 4.98 Å². The minimum Gasteiger partial charge on any atom is -0.493 e. The molecule has 1 fully saturated rings. The van der Waals surface area contributed by atoms with E-state index in [1.54, 1.807) is 37.4 Å². The summed E-state index contributed by atoms with van der Waals surface area (Å²) in [6, 6.07) is 6.78. The lowest BCUT2D eigenvalue weighted by atomic mass is 10.0. The highest BCUT2D eigenvalue weighted by atomic mass is 16.5. The zero-order valence-electron chi connectivity index (χ0n) is 22.2. The van der Waals surface area contributed by atoms with Gasteiger partial charge in [-0.15, -0.1) is 0 Å². The lowest BCUT2D eigenvalue weighted by Gasteiger charge is -2.29. The first kappa shape index (κ1) is 26.5. The number of carbonyl (C=O) groups excluding carboxylic acids is 3. The van der Waals surface area contributed by atoms with Crippen molar-refractivity contribution < 1.29 is 28.4 Å². The van der Waals surface area contributed by atoms with Gasteiger partial charge in [0.25, 0.3) is 5.91 Å². The highest BCUT2D eigenvalue weighted by molar-refractivity contribution is 6.03. The number of ether oxygens (including phenoxy) is 2. The van der Waals surface area contributed by atoms with Gasteiger partial charge in [0.05, 0.1) is 19.6 Å². The van der Waals surface area contributed by atoms with Gasteiger partial charge >= 0.3 is 0 Å². The first-order valence-electron chi connectivity index (χ1n) is 13.3. The molecule has 0 radical (unpaired) electrons. The maximum absolute atomic E-state index is 13.7. The smallest absolute Gasteiger partial charge is 0.293 e. The summed E-state index contributed by atoms with van der Waals surface area (Å²) < 4.78 is 16.5. The highest BCUT2D eigenvalue weighted by Gasteiger charge is 2.40. The number of hydrogen-bond donors (Lipinski definition) is 2. The molecule has 2 aliphatic rings. The van der Waals surface area contributed by atoms with Crippen molar-refractivity contribution in [3.63, 3.8) is 0 Å². The molecule has 11 heteroatoms. The van der Waals surface area contributed by atoms with Gasteiger partial charge < -0.3 is 29.5 Å². The molecular weight excluding hydrogens is 502 g/mol. The molecule has 2 aromatic heterocycles. The van der Waals surface area contributed by atoms with Crippen LogP contribution in [0.4, 0.5) is 0 Å². The average molecular weight is 536 g/mol. The lowest BCUT2D eigenvalue weighted by Crippen LogP contribution is -2.47. The summed E-state index contributed by atoms with van der Waals surface area (Å²) in [5, 5.41) is 10.4. The largest absolute Gasteiger partial charge is 0.493 e. The number of nitrogens with one attached hydrogen (secondary N) is 2. The minimum absolute atomic E-state index is 0.0924. The number of hydrogen-bond acceptors (Lipinski definition) is 8. The van der Waals surface area contributed by atoms with Crippen LogP contribution in [-0.2, 0) is 22.4 Å². The molecular formula is C28H33N5O6. The molecule has 2 aliphatic heterocycles. The van der Waals surface area contributed by atoms with E-state index in [4.69, 9.17) is 14.0 Å². The molecule has 2 N–H and O–H groups in total. The van der Waals surface area contributed by atoms with Crippen molar-refractivity contribution >= 4 is 28.8 Å². The molecule has 0 aliphatic carbocycles. The van der Waals surface area contributed by atoms with Gasteiger partial charge in [0.15, 0.2) is 11.5 Å². The van der Waals surface area contributed by atoms with E-state index in [1.807, 2.05) is 12.1 Å². The van der Waals surface area contributed by atoms with Gasteiger partial charge in [-0.1, -0.05) is 11.2 Å². The molecule has 1 saturated heterocycles. The number of pyridine rings is 1. The second kappa shape index (κ2) is 11.7. The normalized spacial score (nSPS) is 20.7. The monoisotopic (exact) mass is 535 g/mol. The van der Waals surface area contributed by atoms with Crippen molar-refractivity contribution in [1.82, 2.24) is 25.7 Å². The van der Waals surface area contributed by atoms with E-state index in [-0.39, 0.29) is 55.0 Å². The summed E-state index contributed by atoms with van der Waals surface area (Å²) >= 11 is 0. The number of aryl methyl sites for hydroxylation is 2. The fraction of sp³-hybridized carbons (Fsp3) is 0.464. The van der Waals surface area contributed by atoms with Crippen LogP contribution in [0.15, 0.2) is 35.0 Å². The quantitative estimate of drug-likeness (QED) is 0.522. The molecule has 11 nitrogen and oxygen atoms in total. The zero-order chi connectivity index (χ0) is 27.4. The number of rotatable bonds is 3. The summed E-state index contributed by atoms with van der Waals surface area (Å²) in [5.41, 5.74) is 2.28. The van der Waals surface area contributed by atoms with Crippen molar-refractivity contribution in [2.24, 2.45) is 0 Å². The number of amides is 3. The van der Waals surface area contributed by atoms with Crippen molar-refractivity contribution in [2.45, 2.75) is 57.0 Å². The molecule has 4 bridgehead atoms. The van der Waals surface area contributed by atoms with E-state index in [0.717, 1.165) is 11.1 Å². The summed E-state index contributed by atoms with van der Waals surface area (Å²) in [6.07, 6.45) is 5.23. The summed E-state index contributed by atoms with van der Waals surface area (Å²) in [7, 11) is 3.19. The first-order chi connectivity index (χ1) is 19.0. The van der Waals surface area contributed by atoms with Gasteiger partial charge in [0, 0.05) is 44.2 Å². The lowest BCUT2D eigenvalue weighted by molar-refractivity contribution is -0.123. The van der Waals surface area contributed by atoms with Crippen LogP contribution in [-0.4, -0.2) is 72.2 Å². The van der Waals surface area contributed by atoms with E-state index in [9.17, 15) is 14.4 Å². The third-order valence-corrected chi connectivity index (χ3v) is 7.46. The second-order valence-electron chi connectivity index (χ2n) is 9.94. The molecule has 0 spiro atoms. The Balaban J connectivity index is 1.38. The number of fused-ring (bicyclic) bond motifs is 5. The van der Waals surface area contributed by atoms with Crippen molar-refractivity contribution in [3.05, 3.63) is 47.3 Å². The van der Waals surface area contributed by atoms with Gasteiger partial charge in [-0.05, 0) is 61.4 Å². The molecule has 39 heavy (non-hydrogen) atoms. The Kier molecular flexibility index (Phi) is 7.94. The van der Waals surface area contributed by atoms with Crippen LogP contribution in [0.1, 0.15) is 53.8 Å². The Labute approximate surface area is 226 Å².